The zero-order valence-electron chi connectivity index (χ0n) is 18.8. The smallest absolute Gasteiger partial charge is 0.374 e. The maximum atomic E-state index is 14.3. The van der Waals surface area contributed by atoms with Crippen molar-refractivity contribution < 1.29 is 22.8 Å². The number of oxime groups is 1. The van der Waals surface area contributed by atoms with Gasteiger partial charge in [0.2, 0.25) is 0 Å². The normalized spacial score (nSPS) is 17.8. The molecule has 0 fully saturated rings. The van der Waals surface area contributed by atoms with E-state index in [-0.39, 0.29) is 22.2 Å². The molecule has 1 atom stereocenters. The molecule has 0 saturated carbocycles. The van der Waals surface area contributed by atoms with E-state index in [9.17, 15) is 18.0 Å². The number of nitrogens with zero attached hydrogens (tertiary/aromatic N) is 1. The van der Waals surface area contributed by atoms with Crippen LogP contribution >= 0.6 is 11.6 Å². The Kier molecular flexibility index (Phi) is 6.16. The van der Waals surface area contributed by atoms with Gasteiger partial charge in [0, 0.05) is 33.8 Å². The van der Waals surface area contributed by atoms with Crippen LogP contribution in [0.3, 0.4) is 0 Å². The highest BCUT2D eigenvalue weighted by atomic mass is 35.5. The lowest BCUT2D eigenvalue weighted by Crippen LogP contribution is -2.42. The summed E-state index contributed by atoms with van der Waals surface area (Å²) in [4.78, 5) is 17.8. The third kappa shape index (κ3) is 4.53. The minimum Gasteiger partial charge on any atom is -0.374 e. The number of anilines is 1. The number of halogens is 4. The van der Waals surface area contributed by atoms with Gasteiger partial charge in [-0.25, -0.2) is 0 Å². The second-order valence-corrected chi connectivity index (χ2v) is 8.93. The second kappa shape index (κ2) is 8.80. The molecule has 1 unspecified atom stereocenters. The summed E-state index contributed by atoms with van der Waals surface area (Å²) >= 11 is 6.04. The van der Waals surface area contributed by atoms with Crippen molar-refractivity contribution >= 4 is 28.9 Å². The van der Waals surface area contributed by atoms with Gasteiger partial charge in [-0.2, -0.15) is 13.2 Å². The molecule has 1 aliphatic rings. The van der Waals surface area contributed by atoms with Crippen LogP contribution in [0.1, 0.15) is 44.6 Å². The average Bonchev–Trinajstić information content (AvgIpc) is 3.22. The van der Waals surface area contributed by atoms with Gasteiger partial charge in [0.15, 0.2) is 0 Å². The molecule has 1 aliphatic heterocycles. The molecule has 4 rings (SSSR count). The number of hydrogen-bond donors (Lipinski definition) is 1. The molecule has 0 spiro atoms. The van der Waals surface area contributed by atoms with E-state index >= 15 is 0 Å². The predicted octanol–water partition coefficient (Wildman–Crippen LogP) is 7.10. The number of aryl methyl sites for hydroxylation is 3. The second-order valence-electron chi connectivity index (χ2n) is 8.50. The highest BCUT2D eigenvalue weighted by Crippen LogP contribution is 2.49. The Hall–Kier alpha value is -3.32. The van der Waals surface area contributed by atoms with Crippen LogP contribution in [-0.4, -0.2) is 17.8 Å². The number of benzene rings is 3. The molecule has 3 aromatic rings. The maximum Gasteiger partial charge on any atom is 0.435 e. The molecule has 34 heavy (non-hydrogen) atoms. The Balaban J connectivity index is 1.64. The number of carbonyl (C=O) groups is 1. The molecule has 0 aromatic heterocycles. The van der Waals surface area contributed by atoms with E-state index in [1.54, 1.807) is 50.2 Å². The van der Waals surface area contributed by atoms with Gasteiger partial charge in [-0.3, -0.25) is 4.79 Å². The van der Waals surface area contributed by atoms with E-state index in [1.807, 2.05) is 19.1 Å². The Labute approximate surface area is 200 Å². The number of carbonyl (C=O) groups excluding carboxylic acids is 1. The third-order valence-corrected chi connectivity index (χ3v) is 6.05. The van der Waals surface area contributed by atoms with E-state index in [0.717, 1.165) is 11.1 Å². The number of nitrogens with one attached hydrogen (secondary N) is 1. The van der Waals surface area contributed by atoms with Crippen molar-refractivity contribution in [2.45, 2.75) is 39.0 Å². The van der Waals surface area contributed by atoms with Crippen molar-refractivity contribution in [3.8, 4) is 0 Å². The Morgan fingerprint density at radius 2 is 1.71 bits per heavy atom. The molecule has 1 amide bonds. The van der Waals surface area contributed by atoms with Crippen LogP contribution in [0, 0.1) is 20.8 Å². The fourth-order valence-corrected chi connectivity index (χ4v) is 4.15. The molecule has 3 aromatic carbocycles. The number of alkyl halides is 3. The van der Waals surface area contributed by atoms with Crippen molar-refractivity contribution in [1.82, 2.24) is 0 Å². The summed E-state index contributed by atoms with van der Waals surface area (Å²) < 4.78 is 42.9. The molecule has 0 bridgehead atoms. The fraction of sp³-hybridized carbons (Fsp3) is 0.231. The van der Waals surface area contributed by atoms with Gasteiger partial charge in [0.1, 0.15) is 0 Å². The molecule has 1 heterocycles. The molecule has 0 saturated heterocycles. The van der Waals surface area contributed by atoms with Gasteiger partial charge in [0.05, 0.1) is 5.71 Å². The van der Waals surface area contributed by atoms with E-state index in [1.165, 1.54) is 12.1 Å². The molecular weight excluding hydrogens is 465 g/mol. The molecule has 0 aliphatic carbocycles. The maximum absolute atomic E-state index is 14.3. The van der Waals surface area contributed by atoms with E-state index in [2.05, 4.69) is 10.5 Å². The first-order chi connectivity index (χ1) is 16.0. The van der Waals surface area contributed by atoms with E-state index in [4.69, 9.17) is 16.4 Å². The lowest BCUT2D eigenvalue weighted by Gasteiger charge is -2.29. The SMILES string of the molecule is Cc1ccc(C(=O)Nc2cc(C3=NOC(c4cc(C)cc(Cl)c4)(C(F)(F)F)C3)ccc2C)cc1. The molecular formula is C26H22ClF3N2O2. The molecule has 8 heteroatoms. The van der Waals surface area contributed by atoms with Gasteiger partial charge in [-0.05, 0) is 62.2 Å². The topological polar surface area (TPSA) is 50.7 Å². The van der Waals surface area contributed by atoms with Gasteiger partial charge in [0.25, 0.3) is 11.5 Å². The van der Waals surface area contributed by atoms with Crippen LogP contribution in [0.2, 0.25) is 5.02 Å². The highest BCUT2D eigenvalue weighted by molar-refractivity contribution is 6.30. The summed E-state index contributed by atoms with van der Waals surface area (Å²) in [6, 6.07) is 16.3. The van der Waals surface area contributed by atoms with Crippen molar-refractivity contribution in [1.29, 1.82) is 0 Å². The van der Waals surface area contributed by atoms with Gasteiger partial charge in [-0.15, -0.1) is 0 Å². The average molecular weight is 487 g/mol. The molecule has 0 radical (unpaired) electrons. The zero-order valence-corrected chi connectivity index (χ0v) is 19.5. The molecule has 176 valence electrons. The third-order valence-electron chi connectivity index (χ3n) is 5.83. The van der Waals surface area contributed by atoms with Crippen LogP contribution in [0.15, 0.2) is 65.8 Å². The van der Waals surface area contributed by atoms with Crippen molar-refractivity contribution in [3.05, 3.63) is 99.1 Å². The van der Waals surface area contributed by atoms with Gasteiger partial charge in [-0.1, -0.05) is 52.7 Å². The van der Waals surface area contributed by atoms with Crippen LogP contribution in [0.4, 0.5) is 18.9 Å². The predicted molar refractivity (Wildman–Crippen MR) is 126 cm³/mol. The lowest BCUT2D eigenvalue weighted by atomic mass is 9.85. The minimum absolute atomic E-state index is 0.108. The van der Waals surface area contributed by atoms with Crippen molar-refractivity contribution in [2.75, 3.05) is 5.32 Å². The van der Waals surface area contributed by atoms with Gasteiger partial charge < -0.3 is 10.2 Å². The first kappa shape index (κ1) is 23.8. The number of hydrogen-bond acceptors (Lipinski definition) is 3. The van der Waals surface area contributed by atoms with Crippen LogP contribution in [0.5, 0.6) is 0 Å². The van der Waals surface area contributed by atoms with Gasteiger partial charge >= 0.3 is 6.18 Å². The number of amides is 1. The summed E-state index contributed by atoms with van der Waals surface area (Å²) in [7, 11) is 0. The molecule has 4 nitrogen and oxygen atoms in total. The first-order valence-electron chi connectivity index (χ1n) is 10.6. The summed E-state index contributed by atoms with van der Waals surface area (Å²) in [5.41, 5.74) is 1.12. The summed E-state index contributed by atoms with van der Waals surface area (Å²) in [5.74, 6) is -0.316. The van der Waals surface area contributed by atoms with Crippen molar-refractivity contribution in [3.63, 3.8) is 0 Å². The highest BCUT2D eigenvalue weighted by Gasteiger charge is 2.62. The quantitative estimate of drug-likeness (QED) is 0.427. The van der Waals surface area contributed by atoms with Crippen LogP contribution < -0.4 is 5.32 Å². The van der Waals surface area contributed by atoms with Crippen LogP contribution in [0.25, 0.3) is 0 Å². The first-order valence-corrected chi connectivity index (χ1v) is 10.9. The largest absolute Gasteiger partial charge is 0.435 e. The fourth-order valence-electron chi connectivity index (χ4n) is 3.86. The Bertz CT molecular complexity index is 1270. The number of rotatable bonds is 4. The van der Waals surface area contributed by atoms with E-state index in [0.29, 0.717) is 22.4 Å². The Morgan fingerprint density at radius 3 is 2.35 bits per heavy atom. The minimum atomic E-state index is -4.73. The van der Waals surface area contributed by atoms with E-state index < -0.39 is 18.2 Å². The summed E-state index contributed by atoms with van der Waals surface area (Å²) in [5, 5.41) is 6.84. The van der Waals surface area contributed by atoms with Crippen molar-refractivity contribution in [2.24, 2.45) is 5.16 Å². The monoisotopic (exact) mass is 486 g/mol. The summed E-state index contributed by atoms with van der Waals surface area (Å²) in [6.07, 6.45) is -5.26. The van der Waals surface area contributed by atoms with Crippen LogP contribution in [-0.2, 0) is 10.4 Å². The summed E-state index contributed by atoms with van der Waals surface area (Å²) in [6.45, 7) is 5.39. The Morgan fingerprint density at radius 1 is 1.00 bits per heavy atom. The molecule has 1 N–H and O–H groups in total. The lowest BCUT2D eigenvalue weighted by molar-refractivity contribution is -0.275. The zero-order chi connectivity index (χ0) is 24.7. The standard InChI is InChI=1S/C26H22ClF3N2O2/c1-15-4-7-18(8-5-15)24(33)31-22-12-19(9-6-17(22)3)23-14-25(34-32-23,26(28,29)30)20-10-16(2)11-21(27)13-20/h4-13H,14H2,1-3H3,(H,31,33).